The topological polar surface area (TPSA) is 60.9 Å². The average Bonchev–Trinajstić information content (AvgIpc) is 2.99. The molecule has 25 heavy (non-hydrogen) atoms. The second-order valence-corrected chi connectivity index (χ2v) is 6.41. The van der Waals surface area contributed by atoms with Gasteiger partial charge in [0.25, 0.3) is 0 Å². The monoisotopic (exact) mass is 338 g/mol. The van der Waals surface area contributed by atoms with Crippen LogP contribution in [0.1, 0.15) is 16.9 Å². The van der Waals surface area contributed by atoms with Crippen LogP contribution in [0, 0.1) is 0 Å². The van der Waals surface area contributed by atoms with Crippen LogP contribution in [0.4, 0.5) is 5.69 Å². The Labute approximate surface area is 146 Å². The number of anilines is 1. The third kappa shape index (κ3) is 2.91. The maximum absolute atomic E-state index is 6.12. The van der Waals surface area contributed by atoms with Gasteiger partial charge in [-0.2, -0.15) is 0 Å². The molecule has 1 aliphatic rings. The number of benzene rings is 2. The summed E-state index contributed by atoms with van der Waals surface area (Å²) < 4.78 is 16.9. The van der Waals surface area contributed by atoms with Gasteiger partial charge in [-0.1, -0.05) is 12.1 Å². The molecule has 130 valence electrons. The van der Waals surface area contributed by atoms with Crippen LogP contribution in [0.5, 0.6) is 11.5 Å². The third-order valence-electron chi connectivity index (χ3n) is 4.81. The molecule has 4 rings (SSSR count). The minimum absolute atomic E-state index is 0.694. The van der Waals surface area contributed by atoms with Crippen LogP contribution in [0.3, 0.4) is 0 Å². The van der Waals surface area contributed by atoms with Gasteiger partial charge in [0, 0.05) is 35.8 Å². The van der Waals surface area contributed by atoms with Crippen molar-refractivity contribution >= 4 is 16.7 Å². The van der Waals surface area contributed by atoms with Crippen molar-refractivity contribution in [3.63, 3.8) is 0 Å². The molecule has 1 aliphatic heterocycles. The molecule has 0 saturated heterocycles. The number of furan rings is 1. The molecule has 0 bridgehead atoms. The number of fused-ring (bicyclic) bond motifs is 3. The van der Waals surface area contributed by atoms with E-state index in [0.717, 1.165) is 54.2 Å². The number of methoxy groups -OCH3 is 2. The maximum atomic E-state index is 6.12. The van der Waals surface area contributed by atoms with Crippen molar-refractivity contribution in [2.45, 2.75) is 19.5 Å². The fraction of sp³-hybridized carbons (Fsp3) is 0.300. The molecule has 5 heteroatoms. The SMILES string of the molecule is COc1cc2oc3c(c2cc1OC)CCN(Cc1ccc(N)cc1)C3. The second-order valence-electron chi connectivity index (χ2n) is 6.41. The summed E-state index contributed by atoms with van der Waals surface area (Å²) in [6.07, 6.45) is 0.965. The number of ether oxygens (including phenoxy) is 2. The predicted octanol–water partition coefficient (Wildman–Crippen LogP) is 3.59. The van der Waals surface area contributed by atoms with E-state index in [1.165, 1.54) is 11.1 Å². The molecule has 0 atom stereocenters. The van der Waals surface area contributed by atoms with E-state index in [9.17, 15) is 0 Å². The Morgan fingerprint density at radius 2 is 1.80 bits per heavy atom. The Kier molecular flexibility index (Phi) is 4.01. The lowest BCUT2D eigenvalue weighted by molar-refractivity contribution is 0.223. The van der Waals surface area contributed by atoms with Gasteiger partial charge in [-0.3, -0.25) is 4.90 Å². The van der Waals surface area contributed by atoms with E-state index < -0.39 is 0 Å². The molecule has 5 nitrogen and oxygen atoms in total. The van der Waals surface area contributed by atoms with Crippen molar-refractivity contribution in [1.29, 1.82) is 0 Å². The summed E-state index contributed by atoms with van der Waals surface area (Å²) in [4.78, 5) is 2.39. The van der Waals surface area contributed by atoms with Crippen LogP contribution in [0.15, 0.2) is 40.8 Å². The summed E-state index contributed by atoms with van der Waals surface area (Å²) in [6.45, 7) is 2.70. The molecule has 0 unspecified atom stereocenters. The zero-order valence-corrected chi connectivity index (χ0v) is 14.5. The maximum Gasteiger partial charge on any atom is 0.164 e. The normalized spacial score (nSPS) is 14.5. The first-order valence-electron chi connectivity index (χ1n) is 8.41. The highest BCUT2D eigenvalue weighted by Crippen LogP contribution is 2.38. The first kappa shape index (κ1) is 15.8. The molecule has 1 aromatic heterocycles. The summed E-state index contributed by atoms with van der Waals surface area (Å²) >= 11 is 0. The van der Waals surface area contributed by atoms with Gasteiger partial charge in [0.1, 0.15) is 11.3 Å². The van der Waals surface area contributed by atoms with Gasteiger partial charge in [0.15, 0.2) is 11.5 Å². The van der Waals surface area contributed by atoms with E-state index in [0.29, 0.717) is 5.75 Å². The zero-order valence-electron chi connectivity index (χ0n) is 14.5. The molecular formula is C20H22N2O3. The number of nitrogens with zero attached hydrogens (tertiary/aromatic N) is 1. The van der Waals surface area contributed by atoms with Crippen molar-refractivity contribution in [2.75, 3.05) is 26.5 Å². The lowest BCUT2D eigenvalue weighted by atomic mass is 10.0. The lowest BCUT2D eigenvalue weighted by Crippen LogP contribution is -2.29. The fourth-order valence-corrected chi connectivity index (χ4v) is 3.50. The zero-order chi connectivity index (χ0) is 17.4. The van der Waals surface area contributed by atoms with Gasteiger partial charge in [-0.15, -0.1) is 0 Å². The molecule has 0 radical (unpaired) electrons. The Morgan fingerprint density at radius 3 is 2.52 bits per heavy atom. The molecule has 0 spiro atoms. The number of nitrogen functional groups attached to an aromatic ring is 1. The highest BCUT2D eigenvalue weighted by molar-refractivity contribution is 5.86. The number of hydrogen-bond acceptors (Lipinski definition) is 5. The van der Waals surface area contributed by atoms with E-state index in [4.69, 9.17) is 19.6 Å². The van der Waals surface area contributed by atoms with Gasteiger partial charge in [-0.05, 0) is 30.2 Å². The third-order valence-corrected chi connectivity index (χ3v) is 4.81. The van der Waals surface area contributed by atoms with Crippen molar-refractivity contribution in [2.24, 2.45) is 0 Å². The van der Waals surface area contributed by atoms with Crippen molar-refractivity contribution in [3.8, 4) is 11.5 Å². The largest absolute Gasteiger partial charge is 0.493 e. The average molecular weight is 338 g/mol. The van der Waals surface area contributed by atoms with Crippen LogP contribution in [0.25, 0.3) is 11.0 Å². The summed E-state index contributed by atoms with van der Waals surface area (Å²) in [5.41, 5.74) is 9.96. The summed E-state index contributed by atoms with van der Waals surface area (Å²) in [5.74, 6) is 2.47. The van der Waals surface area contributed by atoms with Gasteiger partial charge in [0.2, 0.25) is 0 Å². The van der Waals surface area contributed by atoms with Gasteiger partial charge in [-0.25, -0.2) is 0 Å². The quantitative estimate of drug-likeness (QED) is 0.737. The van der Waals surface area contributed by atoms with Gasteiger partial charge >= 0.3 is 0 Å². The molecule has 2 aromatic carbocycles. The highest BCUT2D eigenvalue weighted by atomic mass is 16.5. The predicted molar refractivity (Wildman–Crippen MR) is 98.0 cm³/mol. The molecule has 0 aliphatic carbocycles. The number of rotatable bonds is 4. The molecule has 0 saturated carbocycles. The molecule has 0 fully saturated rings. The summed E-state index contributed by atoms with van der Waals surface area (Å²) in [7, 11) is 3.30. The summed E-state index contributed by atoms with van der Waals surface area (Å²) in [5, 5.41) is 1.12. The smallest absolute Gasteiger partial charge is 0.164 e. The lowest BCUT2D eigenvalue weighted by Gasteiger charge is -2.26. The van der Waals surface area contributed by atoms with Gasteiger partial charge < -0.3 is 19.6 Å². The van der Waals surface area contributed by atoms with Crippen LogP contribution in [-0.4, -0.2) is 25.7 Å². The molecule has 0 amide bonds. The summed E-state index contributed by atoms with van der Waals surface area (Å²) in [6, 6.07) is 12.0. The Morgan fingerprint density at radius 1 is 1.08 bits per heavy atom. The molecule has 3 aromatic rings. The Bertz CT molecular complexity index is 899. The van der Waals surface area contributed by atoms with E-state index >= 15 is 0 Å². The second kappa shape index (κ2) is 6.33. The first-order chi connectivity index (χ1) is 12.2. The van der Waals surface area contributed by atoms with Crippen LogP contribution >= 0.6 is 0 Å². The van der Waals surface area contributed by atoms with Gasteiger partial charge in [0.05, 0.1) is 20.8 Å². The number of hydrogen-bond donors (Lipinski definition) is 1. The first-order valence-corrected chi connectivity index (χ1v) is 8.41. The van der Waals surface area contributed by atoms with Crippen LogP contribution in [-0.2, 0) is 19.5 Å². The van der Waals surface area contributed by atoms with Crippen molar-refractivity contribution < 1.29 is 13.9 Å². The highest BCUT2D eigenvalue weighted by Gasteiger charge is 2.24. The van der Waals surface area contributed by atoms with Crippen molar-refractivity contribution in [1.82, 2.24) is 4.90 Å². The standard InChI is InChI=1S/C20H22N2O3/c1-23-18-9-16-15-7-8-22(11-13-3-5-14(21)6-4-13)12-20(15)25-17(16)10-19(18)24-2/h3-6,9-10H,7-8,11-12,21H2,1-2H3. The van der Waals surface area contributed by atoms with Crippen LogP contribution < -0.4 is 15.2 Å². The number of nitrogens with two attached hydrogens (primary N) is 1. The fourth-order valence-electron chi connectivity index (χ4n) is 3.50. The van der Waals surface area contributed by atoms with Crippen LogP contribution in [0.2, 0.25) is 0 Å². The van der Waals surface area contributed by atoms with Crippen molar-refractivity contribution in [3.05, 3.63) is 53.3 Å². The minimum atomic E-state index is 0.694. The molecular weight excluding hydrogens is 316 g/mol. The van der Waals surface area contributed by atoms with E-state index in [1.807, 2.05) is 24.3 Å². The molecule has 2 N–H and O–H groups in total. The minimum Gasteiger partial charge on any atom is -0.493 e. The van der Waals surface area contributed by atoms with E-state index in [-0.39, 0.29) is 0 Å². The molecule has 2 heterocycles. The Hall–Kier alpha value is -2.66. The van der Waals surface area contributed by atoms with E-state index in [2.05, 4.69) is 17.0 Å². The Balaban J connectivity index is 1.61. The van der Waals surface area contributed by atoms with E-state index in [1.54, 1.807) is 14.2 Å².